The number of aromatic nitrogens is 2. The summed E-state index contributed by atoms with van der Waals surface area (Å²) in [5.74, 6) is 0.651. The number of amides is 1. The highest BCUT2D eigenvalue weighted by Gasteiger charge is 2.39. The second kappa shape index (κ2) is 4.63. The molecule has 2 aliphatic heterocycles. The first-order valence-corrected chi connectivity index (χ1v) is 7.15. The quantitative estimate of drug-likeness (QED) is 0.893. The standard InChI is InChI=1S/C14H22N4O/c1-9(2)7-12-14(19)15-13(17(12)3)11-8-10-5-4-6-18(10)16-11/h8-9,12-13H,4-7H2,1-3H3,(H,15,19)/t12-,13?/m0/s1. The first-order valence-electron chi connectivity index (χ1n) is 7.15. The lowest BCUT2D eigenvalue weighted by atomic mass is 10.0. The van der Waals surface area contributed by atoms with E-state index in [1.807, 2.05) is 7.05 Å². The molecule has 1 amide bonds. The lowest BCUT2D eigenvalue weighted by molar-refractivity contribution is -0.121. The van der Waals surface area contributed by atoms with Crippen LogP contribution in [0.4, 0.5) is 0 Å². The molecule has 0 aromatic carbocycles. The Morgan fingerprint density at radius 2 is 2.32 bits per heavy atom. The molecule has 19 heavy (non-hydrogen) atoms. The molecule has 104 valence electrons. The van der Waals surface area contributed by atoms with Crippen LogP contribution in [-0.4, -0.2) is 33.7 Å². The van der Waals surface area contributed by atoms with Crippen LogP contribution in [0.15, 0.2) is 6.07 Å². The van der Waals surface area contributed by atoms with Gasteiger partial charge in [-0.05, 0) is 38.3 Å². The fourth-order valence-corrected chi connectivity index (χ4v) is 3.12. The number of rotatable bonds is 3. The van der Waals surface area contributed by atoms with Crippen LogP contribution in [0.25, 0.3) is 0 Å². The van der Waals surface area contributed by atoms with Crippen molar-refractivity contribution in [2.45, 2.75) is 51.9 Å². The molecular formula is C14H22N4O. The van der Waals surface area contributed by atoms with Gasteiger partial charge in [0.25, 0.3) is 0 Å². The molecular weight excluding hydrogens is 240 g/mol. The van der Waals surface area contributed by atoms with Crippen molar-refractivity contribution in [2.24, 2.45) is 5.92 Å². The Balaban J connectivity index is 1.80. The van der Waals surface area contributed by atoms with Crippen molar-refractivity contribution in [3.63, 3.8) is 0 Å². The highest BCUT2D eigenvalue weighted by molar-refractivity contribution is 5.84. The molecule has 1 fully saturated rings. The van der Waals surface area contributed by atoms with E-state index in [-0.39, 0.29) is 18.1 Å². The minimum atomic E-state index is -0.0608. The molecule has 0 bridgehead atoms. The first kappa shape index (κ1) is 12.7. The summed E-state index contributed by atoms with van der Waals surface area (Å²) in [4.78, 5) is 14.2. The van der Waals surface area contributed by atoms with Gasteiger partial charge in [0.15, 0.2) is 0 Å². The van der Waals surface area contributed by atoms with Crippen LogP contribution >= 0.6 is 0 Å². The molecule has 1 aromatic rings. The molecule has 1 saturated heterocycles. The van der Waals surface area contributed by atoms with Crippen molar-refractivity contribution < 1.29 is 4.79 Å². The highest BCUT2D eigenvalue weighted by Crippen LogP contribution is 2.28. The number of carbonyl (C=O) groups excluding carboxylic acids is 1. The van der Waals surface area contributed by atoms with Gasteiger partial charge in [-0.1, -0.05) is 13.8 Å². The van der Waals surface area contributed by atoms with E-state index < -0.39 is 0 Å². The van der Waals surface area contributed by atoms with E-state index in [9.17, 15) is 4.79 Å². The van der Waals surface area contributed by atoms with Gasteiger partial charge in [0.2, 0.25) is 5.91 Å². The molecule has 1 aromatic heterocycles. The predicted molar refractivity (Wildman–Crippen MR) is 72.4 cm³/mol. The molecule has 1 unspecified atom stereocenters. The molecule has 1 N–H and O–H groups in total. The number of nitrogens with one attached hydrogen (secondary N) is 1. The van der Waals surface area contributed by atoms with Crippen molar-refractivity contribution in [1.82, 2.24) is 20.0 Å². The van der Waals surface area contributed by atoms with Gasteiger partial charge < -0.3 is 5.32 Å². The van der Waals surface area contributed by atoms with E-state index in [2.05, 4.69) is 39.9 Å². The van der Waals surface area contributed by atoms with E-state index in [1.165, 1.54) is 12.1 Å². The average Bonchev–Trinajstić information content (AvgIpc) is 2.97. The van der Waals surface area contributed by atoms with Crippen LogP contribution in [0, 0.1) is 5.92 Å². The van der Waals surface area contributed by atoms with E-state index in [1.54, 1.807) is 0 Å². The number of fused-ring (bicyclic) bond motifs is 1. The van der Waals surface area contributed by atoms with Crippen LogP contribution in [0.3, 0.4) is 0 Å². The monoisotopic (exact) mass is 262 g/mol. The van der Waals surface area contributed by atoms with Crippen molar-refractivity contribution in [3.05, 3.63) is 17.5 Å². The van der Waals surface area contributed by atoms with Crippen molar-refractivity contribution in [1.29, 1.82) is 0 Å². The summed E-state index contributed by atoms with van der Waals surface area (Å²) in [5.41, 5.74) is 2.28. The van der Waals surface area contributed by atoms with Crippen LogP contribution < -0.4 is 5.32 Å². The molecule has 5 nitrogen and oxygen atoms in total. The Hall–Kier alpha value is -1.36. The maximum atomic E-state index is 12.1. The normalized spacial score (nSPS) is 27.1. The Kier molecular flexibility index (Phi) is 3.09. The van der Waals surface area contributed by atoms with Gasteiger partial charge in [-0.25, -0.2) is 0 Å². The molecule has 0 radical (unpaired) electrons. The lowest BCUT2D eigenvalue weighted by Crippen LogP contribution is -2.32. The number of aryl methyl sites for hydroxylation is 2. The smallest absolute Gasteiger partial charge is 0.238 e. The number of nitrogens with zero attached hydrogens (tertiary/aromatic N) is 3. The van der Waals surface area contributed by atoms with Crippen LogP contribution in [0.2, 0.25) is 0 Å². The number of carbonyl (C=O) groups is 1. The van der Waals surface area contributed by atoms with Crippen LogP contribution in [-0.2, 0) is 17.8 Å². The second-order valence-electron chi connectivity index (χ2n) is 6.11. The van der Waals surface area contributed by atoms with Crippen molar-refractivity contribution >= 4 is 5.91 Å². The van der Waals surface area contributed by atoms with Gasteiger partial charge in [-0.3, -0.25) is 14.4 Å². The molecule has 5 heteroatoms. The average molecular weight is 262 g/mol. The zero-order valence-corrected chi connectivity index (χ0v) is 11.9. The van der Waals surface area contributed by atoms with Gasteiger partial charge >= 0.3 is 0 Å². The molecule has 0 aliphatic carbocycles. The summed E-state index contributed by atoms with van der Waals surface area (Å²) >= 11 is 0. The van der Waals surface area contributed by atoms with E-state index in [0.717, 1.165) is 25.1 Å². The van der Waals surface area contributed by atoms with E-state index >= 15 is 0 Å². The van der Waals surface area contributed by atoms with Gasteiger partial charge in [-0.15, -0.1) is 0 Å². The van der Waals surface area contributed by atoms with Crippen molar-refractivity contribution in [3.8, 4) is 0 Å². The zero-order valence-electron chi connectivity index (χ0n) is 11.9. The Bertz CT molecular complexity index is 472. The summed E-state index contributed by atoms with van der Waals surface area (Å²) in [7, 11) is 2.01. The molecule has 2 aliphatic rings. The number of likely N-dealkylation sites (N-methyl/N-ethyl adjacent to an activating group) is 1. The third-order valence-electron chi connectivity index (χ3n) is 4.14. The predicted octanol–water partition coefficient (Wildman–Crippen LogP) is 1.30. The lowest BCUT2D eigenvalue weighted by Gasteiger charge is -2.22. The molecule has 0 saturated carbocycles. The molecule has 3 rings (SSSR count). The van der Waals surface area contributed by atoms with Crippen LogP contribution in [0.5, 0.6) is 0 Å². The first-order chi connectivity index (χ1) is 9.06. The summed E-state index contributed by atoms with van der Waals surface area (Å²) in [6, 6.07) is 2.12. The maximum Gasteiger partial charge on any atom is 0.238 e. The van der Waals surface area contributed by atoms with Crippen LogP contribution in [0.1, 0.15) is 44.2 Å². The Morgan fingerprint density at radius 3 is 3.00 bits per heavy atom. The second-order valence-corrected chi connectivity index (χ2v) is 6.11. The Morgan fingerprint density at radius 1 is 1.53 bits per heavy atom. The third kappa shape index (κ3) is 2.16. The van der Waals surface area contributed by atoms with E-state index in [4.69, 9.17) is 0 Å². The third-order valence-corrected chi connectivity index (χ3v) is 4.14. The molecule has 2 atom stereocenters. The molecule has 0 spiro atoms. The number of hydrogen-bond donors (Lipinski definition) is 1. The minimum absolute atomic E-state index is 0.0264. The molecule has 3 heterocycles. The van der Waals surface area contributed by atoms with Gasteiger partial charge in [-0.2, -0.15) is 5.10 Å². The van der Waals surface area contributed by atoms with Gasteiger partial charge in [0.1, 0.15) is 6.17 Å². The fraction of sp³-hybridized carbons (Fsp3) is 0.714. The summed E-state index contributed by atoms with van der Waals surface area (Å²) in [5, 5.41) is 7.71. The topological polar surface area (TPSA) is 50.2 Å². The van der Waals surface area contributed by atoms with Gasteiger partial charge in [0, 0.05) is 12.2 Å². The number of hydrogen-bond acceptors (Lipinski definition) is 3. The Labute approximate surface area is 114 Å². The minimum Gasteiger partial charge on any atom is -0.334 e. The SMILES string of the molecule is CC(C)C[C@H]1C(=O)NC(c2cc3n(n2)CCC3)N1C. The van der Waals surface area contributed by atoms with Gasteiger partial charge in [0.05, 0.1) is 11.7 Å². The largest absolute Gasteiger partial charge is 0.334 e. The summed E-state index contributed by atoms with van der Waals surface area (Å²) in [6.45, 7) is 5.31. The summed E-state index contributed by atoms with van der Waals surface area (Å²) < 4.78 is 2.07. The maximum absolute atomic E-state index is 12.1. The summed E-state index contributed by atoms with van der Waals surface area (Å²) in [6.07, 6.45) is 3.12. The van der Waals surface area contributed by atoms with Crippen molar-refractivity contribution in [2.75, 3.05) is 7.05 Å². The fourth-order valence-electron chi connectivity index (χ4n) is 3.12. The highest BCUT2D eigenvalue weighted by atomic mass is 16.2. The van der Waals surface area contributed by atoms with E-state index in [0.29, 0.717) is 5.92 Å². The zero-order chi connectivity index (χ0) is 13.6.